The molecule has 0 aromatic heterocycles. The van der Waals surface area contributed by atoms with Gasteiger partial charge in [-0.25, -0.2) is 0 Å². The molecule has 0 amide bonds. The summed E-state index contributed by atoms with van der Waals surface area (Å²) in [5.41, 5.74) is 6.59. The van der Waals surface area contributed by atoms with Crippen LogP contribution in [-0.2, 0) is 0 Å². The Labute approximate surface area is 98.0 Å². The van der Waals surface area contributed by atoms with Gasteiger partial charge in [-0.3, -0.25) is 0 Å². The van der Waals surface area contributed by atoms with Gasteiger partial charge in [0.1, 0.15) is 0 Å². The largest absolute Gasteiger partial charge is 0.396 e. The summed E-state index contributed by atoms with van der Waals surface area (Å²) in [4.78, 5) is 0. The molecule has 0 saturated heterocycles. The quantitative estimate of drug-likeness (QED) is 0.780. The summed E-state index contributed by atoms with van der Waals surface area (Å²) in [5.74, 6) is 1.43. The van der Waals surface area contributed by atoms with E-state index in [1.807, 2.05) is 11.8 Å². The number of nitrogens with two attached hydrogens (primary N) is 1. The van der Waals surface area contributed by atoms with Crippen molar-refractivity contribution in [1.29, 1.82) is 0 Å². The molecule has 15 heavy (non-hydrogen) atoms. The predicted octanol–water partition coefficient (Wildman–Crippen LogP) is 2.25. The van der Waals surface area contributed by atoms with Gasteiger partial charge in [0.05, 0.1) is 0 Å². The van der Waals surface area contributed by atoms with E-state index in [9.17, 15) is 0 Å². The lowest BCUT2D eigenvalue weighted by Crippen LogP contribution is -2.48. The second-order valence-corrected chi connectivity index (χ2v) is 6.84. The van der Waals surface area contributed by atoms with Gasteiger partial charge in [0.25, 0.3) is 0 Å². The first-order chi connectivity index (χ1) is 6.97. The molecule has 0 radical (unpaired) electrons. The van der Waals surface area contributed by atoms with Gasteiger partial charge >= 0.3 is 0 Å². The average molecular weight is 231 g/mol. The van der Waals surface area contributed by atoms with E-state index in [2.05, 4.69) is 20.8 Å². The molecule has 0 aromatic rings. The number of thioether (sulfide) groups is 1. The van der Waals surface area contributed by atoms with Gasteiger partial charge in [0, 0.05) is 17.9 Å². The van der Waals surface area contributed by atoms with Crippen LogP contribution in [0.2, 0.25) is 0 Å². The molecule has 0 spiro atoms. The van der Waals surface area contributed by atoms with Gasteiger partial charge < -0.3 is 10.8 Å². The maximum absolute atomic E-state index is 8.99. The smallest absolute Gasteiger partial charge is 0.0464 e. The van der Waals surface area contributed by atoms with Crippen LogP contribution in [0.25, 0.3) is 0 Å². The second-order valence-electron chi connectivity index (χ2n) is 5.57. The molecule has 90 valence electrons. The van der Waals surface area contributed by atoms with Crippen molar-refractivity contribution in [3.63, 3.8) is 0 Å². The number of aliphatic hydroxyl groups is 1. The first-order valence-electron chi connectivity index (χ1n) is 5.95. The first kappa shape index (κ1) is 13.3. The fourth-order valence-electron chi connectivity index (χ4n) is 2.14. The van der Waals surface area contributed by atoms with Crippen molar-refractivity contribution < 1.29 is 5.11 Å². The lowest BCUT2D eigenvalue weighted by Gasteiger charge is -2.41. The summed E-state index contributed by atoms with van der Waals surface area (Å²) >= 11 is 1.96. The Balaban J connectivity index is 2.41. The molecule has 0 aromatic carbocycles. The van der Waals surface area contributed by atoms with Crippen molar-refractivity contribution >= 4 is 11.8 Å². The third-order valence-corrected chi connectivity index (χ3v) is 5.24. The molecule has 2 nitrogen and oxygen atoms in total. The summed E-state index contributed by atoms with van der Waals surface area (Å²) in [7, 11) is 0. The molecule has 0 bridgehead atoms. The summed E-state index contributed by atoms with van der Waals surface area (Å²) < 4.78 is 0. The number of hydrogen-bond acceptors (Lipinski definition) is 3. The van der Waals surface area contributed by atoms with Crippen molar-refractivity contribution in [2.24, 2.45) is 17.1 Å². The van der Waals surface area contributed by atoms with Gasteiger partial charge in [0.15, 0.2) is 0 Å². The van der Waals surface area contributed by atoms with Crippen LogP contribution >= 0.6 is 11.8 Å². The maximum Gasteiger partial charge on any atom is 0.0464 e. The van der Waals surface area contributed by atoms with E-state index < -0.39 is 0 Å². The Morgan fingerprint density at radius 3 is 2.80 bits per heavy atom. The standard InChI is InChI=1S/C12H25NOS/c1-9(7-14)8-15-10-5-4-6-12(2,3)11(10)13/h9-11,14H,4-8,13H2,1-3H3. The molecule has 0 heterocycles. The lowest BCUT2D eigenvalue weighted by atomic mass is 9.73. The van der Waals surface area contributed by atoms with Crippen LogP contribution in [0.5, 0.6) is 0 Å². The predicted molar refractivity (Wildman–Crippen MR) is 68.1 cm³/mol. The maximum atomic E-state index is 8.99. The normalized spacial score (nSPS) is 32.6. The molecule has 3 heteroatoms. The van der Waals surface area contributed by atoms with E-state index in [1.165, 1.54) is 19.3 Å². The summed E-state index contributed by atoms with van der Waals surface area (Å²) in [6.45, 7) is 6.94. The van der Waals surface area contributed by atoms with Crippen LogP contribution in [0.4, 0.5) is 0 Å². The van der Waals surface area contributed by atoms with Crippen molar-refractivity contribution in [2.45, 2.75) is 51.3 Å². The minimum absolute atomic E-state index is 0.290. The van der Waals surface area contributed by atoms with Crippen LogP contribution < -0.4 is 5.73 Å². The van der Waals surface area contributed by atoms with Crippen LogP contribution in [0, 0.1) is 11.3 Å². The molecular formula is C12H25NOS. The second kappa shape index (κ2) is 5.55. The fraction of sp³-hybridized carbons (Fsp3) is 1.00. The summed E-state index contributed by atoms with van der Waals surface area (Å²) in [6, 6.07) is 0.308. The van der Waals surface area contributed by atoms with E-state index in [1.54, 1.807) is 0 Å². The van der Waals surface area contributed by atoms with Gasteiger partial charge in [-0.05, 0) is 29.9 Å². The average Bonchev–Trinajstić information content (AvgIpc) is 2.19. The van der Waals surface area contributed by atoms with E-state index in [-0.39, 0.29) is 0 Å². The molecular weight excluding hydrogens is 206 g/mol. The van der Waals surface area contributed by atoms with Crippen LogP contribution in [0.15, 0.2) is 0 Å². The van der Waals surface area contributed by atoms with Gasteiger partial charge in [-0.1, -0.05) is 27.2 Å². The SMILES string of the molecule is CC(CO)CSC1CCCC(C)(C)C1N. The van der Waals surface area contributed by atoms with Crippen LogP contribution in [0.3, 0.4) is 0 Å². The van der Waals surface area contributed by atoms with E-state index >= 15 is 0 Å². The molecule has 3 unspecified atom stereocenters. The van der Waals surface area contributed by atoms with E-state index in [0.717, 1.165) is 5.75 Å². The molecule has 3 N–H and O–H groups in total. The van der Waals surface area contributed by atoms with Crippen molar-refractivity contribution in [3.8, 4) is 0 Å². The number of rotatable bonds is 4. The molecule has 1 rings (SSSR count). The Bertz CT molecular complexity index is 196. The highest BCUT2D eigenvalue weighted by Gasteiger charge is 2.36. The zero-order valence-electron chi connectivity index (χ0n) is 10.2. The highest BCUT2D eigenvalue weighted by atomic mass is 32.2. The van der Waals surface area contributed by atoms with E-state index in [4.69, 9.17) is 10.8 Å². The molecule has 1 aliphatic carbocycles. The van der Waals surface area contributed by atoms with Gasteiger partial charge in [-0.2, -0.15) is 11.8 Å². The Hall–Kier alpha value is 0.270. The highest BCUT2D eigenvalue weighted by molar-refractivity contribution is 7.99. The Kier molecular flexibility index (Phi) is 4.94. The van der Waals surface area contributed by atoms with Crippen LogP contribution in [-0.4, -0.2) is 28.8 Å². The van der Waals surface area contributed by atoms with Crippen LogP contribution in [0.1, 0.15) is 40.0 Å². The lowest BCUT2D eigenvalue weighted by molar-refractivity contribution is 0.208. The summed E-state index contributed by atoms with van der Waals surface area (Å²) in [5, 5.41) is 9.57. The van der Waals surface area contributed by atoms with Crippen molar-refractivity contribution in [2.75, 3.05) is 12.4 Å². The monoisotopic (exact) mass is 231 g/mol. The zero-order chi connectivity index (χ0) is 11.5. The van der Waals surface area contributed by atoms with Gasteiger partial charge in [-0.15, -0.1) is 0 Å². The summed E-state index contributed by atoms with van der Waals surface area (Å²) in [6.07, 6.45) is 3.79. The zero-order valence-corrected chi connectivity index (χ0v) is 11.0. The highest BCUT2D eigenvalue weighted by Crippen LogP contribution is 2.39. The van der Waals surface area contributed by atoms with Crippen molar-refractivity contribution in [3.05, 3.63) is 0 Å². The molecule has 1 aliphatic rings. The third kappa shape index (κ3) is 3.65. The minimum Gasteiger partial charge on any atom is -0.396 e. The van der Waals surface area contributed by atoms with E-state index in [0.29, 0.717) is 29.2 Å². The molecule has 1 saturated carbocycles. The topological polar surface area (TPSA) is 46.2 Å². The van der Waals surface area contributed by atoms with Crippen molar-refractivity contribution in [1.82, 2.24) is 0 Å². The minimum atomic E-state index is 0.290. The Morgan fingerprint density at radius 1 is 1.53 bits per heavy atom. The third-order valence-electron chi connectivity index (χ3n) is 3.52. The number of aliphatic hydroxyl groups excluding tert-OH is 1. The van der Waals surface area contributed by atoms with Gasteiger partial charge in [0.2, 0.25) is 0 Å². The first-order valence-corrected chi connectivity index (χ1v) is 7.00. The molecule has 0 aliphatic heterocycles. The number of hydrogen-bond donors (Lipinski definition) is 2. The Morgan fingerprint density at radius 2 is 2.20 bits per heavy atom. The molecule has 1 fully saturated rings. The fourth-order valence-corrected chi connectivity index (χ4v) is 3.73. The molecule has 3 atom stereocenters.